The topological polar surface area (TPSA) is 38.9 Å². The molecule has 2 N–H and O–H groups in total. The monoisotopic (exact) mass is 218 g/mol. The molecule has 1 aromatic carbocycles. The molecule has 2 rings (SSSR count). The van der Waals surface area contributed by atoms with Crippen molar-refractivity contribution in [3.63, 3.8) is 0 Å². The highest BCUT2D eigenvalue weighted by Crippen LogP contribution is 2.19. The molecule has 0 amide bonds. The number of rotatable bonds is 4. The second-order valence-corrected chi connectivity index (χ2v) is 3.87. The van der Waals surface area contributed by atoms with Crippen molar-refractivity contribution < 1.29 is 4.39 Å². The van der Waals surface area contributed by atoms with Crippen LogP contribution < -0.4 is 5.73 Å². The van der Waals surface area contributed by atoms with E-state index >= 15 is 0 Å². The fourth-order valence-electron chi connectivity index (χ4n) is 1.84. The van der Waals surface area contributed by atoms with Crippen LogP contribution >= 0.6 is 0 Å². The van der Waals surface area contributed by atoms with Crippen LogP contribution in [0.15, 0.2) is 30.5 Å². The first-order valence-electron chi connectivity index (χ1n) is 5.54. The Hall–Kier alpha value is -1.48. The summed E-state index contributed by atoms with van der Waals surface area (Å²) in [6.45, 7) is 0.694. The zero-order chi connectivity index (χ0) is 11.4. The first-order valence-corrected chi connectivity index (χ1v) is 5.54. The molecule has 2 nitrogen and oxygen atoms in total. The maximum absolute atomic E-state index is 13.2. The van der Waals surface area contributed by atoms with Gasteiger partial charge in [-0.25, -0.2) is 4.39 Å². The number of pyridine rings is 1. The number of unbranched alkanes of at least 4 members (excludes halogenated alkanes) is 1. The summed E-state index contributed by atoms with van der Waals surface area (Å²) >= 11 is 0. The van der Waals surface area contributed by atoms with E-state index in [-0.39, 0.29) is 5.82 Å². The van der Waals surface area contributed by atoms with Crippen molar-refractivity contribution in [3.05, 3.63) is 42.0 Å². The fourth-order valence-corrected chi connectivity index (χ4v) is 1.84. The SMILES string of the molecule is NCCCCc1nccc2ccc(F)cc12. The lowest BCUT2D eigenvalue weighted by atomic mass is 10.1. The molecule has 2 aromatic rings. The van der Waals surface area contributed by atoms with Gasteiger partial charge in [0.1, 0.15) is 5.82 Å². The normalized spacial score (nSPS) is 10.9. The molecule has 0 atom stereocenters. The average Bonchev–Trinajstić information content (AvgIpc) is 2.30. The number of aryl methyl sites for hydroxylation is 1. The lowest BCUT2D eigenvalue weighted by Gasteiger charge is -2.05. The predicted molar refractivity (Wildman–Crippen MR) is 63.7 cm³/mol. The van der Waals surface area contributed by atoms with Gasteiger partial charge in [-0.2, -0.15) is 0 Å². The van der Waals surface area contributed by atoms with Crippen molar-refractivity contribution in [2.45, 2.75) is 19.3 Å². The van der Waals surface area contributed by atoms with Crippen LogP contribution in [-0.2, 0) is 6.42 Å². The Balaban J connectivity index is 2.32. The van der Waals surface area contributed by atoms with E-state index in [0.29, 0.717) is 6.54 Å². The summed E-state index contributed by atoms with van der Waals surface area (Å²) in [4.78, 5) is 4.31. The molecule has 1 heterocycles. The molecule has 84 valence electrons. The summed E-state index contributed by atoms with van der Waals surface area (Å²) in [5.74, 6) is -0.208. The molecule has 0 aliphatic rings. The van der Waals surface area contributed by atoms with Gasteiger partial charge in [0.2, 0.25) is 0 Å². The van der Waals surface area contributed by atoms with Crippen molar-refractivity contribution in [2.24, 2.45) is 5.73 Å². The number of hydrogen-bond acceptors (Lipinski definition) is 2. The van der Waals surface area contributed by atoms with E-state index < -0.39 is 0 Å². The van der Waals surface area contributed by atoms with Gasteiger partial charge in [-0.15, -0.1) is 0 Å². The first-order chi connectivity index (χ1) is 7.81. The Kier molecular flexibility index (Phi) is 3.47. The highest BCUT2D eigenvalue weighted by atomic mass is 19.1. The third-order valence-electron chi connectivity index (χ3n) is 2.68. The zero-order valence-corrected chi connectivity index (χ0v) is 9.12. The molecule has 0 spiro atoms. The molecule has 16 heavy (non-hydrogen) atoms. The van der Waals surface area contributed by atoms with Crippen LogP contribution in [0.4, 0.5) is 4.39 Å². The highest BCUT2D eigenvalue weighted by Gasteiger charge is 2.03. The maximum Gasteiger partial charge on any atom is 0.123 e. The van der Waals surface area contributed by atoms with Gasteiger partial charge in [-0.3, -0.25) is 4.98 Å². The van der Waals surface area contributed by atoms with E-state index in [1.165, 1.54) is 6.07 Å². The molecule has 0 fully saturated rings. The Bertz CT molecular complexity index is 482. The fraction of sp³-hybridized carbons (Fsp3) is 0.308. The third-order valence-corrected chi connectivity index (χ3v) is 2.68. The minimum absolute atomic E-state index is 0.208. The van der Waals surface area contributed by atoms with Gasteiger partial charge in [-0.1, -0.05) is 6.07 Å². The Morgan fingerprint density at radius 3 is 2.88 bits per heavy atom. The van der Waals surface area contributed by atoms with E-state index in [2.05, 4.69) is 4.98 Å². The average molecular weight is 218 g/mol. The molecule has 3 heteroatoms. The molecule has 0 saturated heterocycles. The van der Waals surface area contributed by atoms with Gasteiger partial charge in [0, 0.05) is 17.3 Å². The van der Waals surface area contributed by atoms with Crippen LogP contribution in [0, 0.1) is 5.82 Å². The first kappa shape index (κ1) is 11.0. The summed E-state index contributed by atoms with van der Waals surface area (Å²) in [6, 6.07) is 6.73. The minimum atomic E-state index is -0.208. The molecule has 0 aliphatic heterocycles. The molecule has 0 saturated carbocycles. The van der Waals surface area contributed by atoms with Crippen LogP contribution in [0.2, 0.25) is 0 Å². The van der Waals surface area contributed by atoms with Crippen LogP contribution in [0.25, 0.3) is 10.8 Å². The van der Waals surface area contributed by atoms with Crippen molar-refractivity contribution in [2.75, 3.05) is 6.54 Å². The number of benzene rings is 1. The van der Waals surface area contributed by atoms with Gasteiger partial charge >= 0.3 is 0 Å². The summed E-state index contributed by atoms with van der Waals surface area (Å²) in [7, 11) is 0. The van der Waals surface area contributed by atoms with Crippen molar-refractivity contribution in [1.82, 2.24) is 4.98 Å². The molecule has 0 bridgehead atoms. The van der Waals surface area contributed by atoms with E-state index in [1.807, 2.05) is 6.07 Å². The Morgan fingerprint density at radius 2 is 2.06 bits per heavy atom. The minimum Gasteiger partial charge on any atom is -0.330 e. The third kappa shape index (κ3) is 2.36. The quantitative estimate of drug-likeness (QED) is 0.801. The highest BCUT2D eigenvalue weighted by molar-refractivity contribution is 5.84. The second kappa shape index (κ2) is 5.03. The number of halogens is 1. The van der Waals surface area contributed by atoms with Gasteiger partial charge in [0.05, 0.1) is 0 Å². The van der Waals surface area contributed by atoms with Crippen molar-refractivity contribution >= 4 is 10.8 Å². The molecular weight excluding hydrogens is 203 g/mol. The van der Waals surface area contributed by atoms with Crippen LogP contribution in [0.3, 0.4) is 0 Å². The van der Waals surface area contributed by atoms with Crippen LogP contribution in [0.1, 0.15) is 18.5 Å². The Labute approximate surface area is 94.3 Å². The summed E-state index contributed by atoms with van der Waals surface area (Å²) in [5, 5.41) is 1.96. The van der Waals surface area contributed by atoms with Crippen molar-refractivity contribution in [1.29, 1.82) is 0 Å². The summed E-state index contributed by atoms with van der Waals surface area (Å²) in [6.07, 6.45) is 4.61. The Morgan fingerprint density at radius 1 is 1.19 bits per heavy atom. The van der Waals surface area contributed by atoms with Gasteiger partial charge in [0.25, 0.3) is 0 Å². The number of hydrogen-bond donors (Lipinski definition) is 1. The van der Waals surface area contributed by atoms with E-state index in [9.17, 15) is 4.39 Å². The number of fused-ring (bicyclic) bond motifs is 1. The zero-order valence-electron chi connectivity index (χ0n) is 9.12. The van der Waals surface area contributed by atoms with Crippen molar-refractivity contribution in [3.8, 4) is 0 Å². The van der Waals surface area contributed by atoms with E-state index in [1.54, 1.807) is 18.3 Å². The molecule has 0 unspecified atom stereocenters. The molecular formula is C13H15FN2. The van der Waals surface area contributed by atoms with Crippen LogP contribution in [0.5, 0.6) is 0 Å². The number of nitrogens with zero attached hydrogens (tertiary/aromatic N) is 1. The largest absolute Gasteiger partial charge is 0.330 e. The molecule has 0 radical (unpaired) electrons. The van der Waals surface area contributed by atoms with Gasteiger partial charge in [0.15, 0.2) is 0 Å². The number of nitrogens with two attached hydrogens (primary N) is 1. The van der Waals surface area contributed by atoms with E-state index in [4.69, 9.17) is 5.73 Å². The van der Waals surface area contributed by atoms with E-state index in [0.717, 1.165) is 35.7 Å². The van der Waals surface area contributed by atoms with Gasteiger partial charge < -0.3 is 5.73 Å². The molecule has 0 aliphatic carbocycles. The molecule has 1 aromatic heterocycles. The second-order valence-electron chi connectivity index (χ2n) is 3.87. The number of aromatic nitrogens is 1. The lowest BCUT2D eigenvalue weighted by molar-refractivity contribution is 0.629. The van der Waals surface area contributed by atoms with Gasteiger partial charge in [-0.05, 0) is 49.4 Å². The summed E-state index contributed by atoms with van der Waals surface area (Å²) in [5.41, 5.74) is 6.41. The maximum atomic E-state index is 13.2. The smallest absolute Gasteiger partial charge is 0.123 e. The van der Waals surface area contributed by atoms with Crippen LogP contribution in [-0.4, -0.2) is 11.5 Å². The predicted octanol–water partition coefficient (Wildman–Crippen LogP) is 2.66. The standard InChI is InChI=1S/C13H15FN2/c14-11-5-4-10-6-8-16-13(12(10)9-11)3-1-2-7-15/h4-6,8-9H,1-3,7,15H2. The summed E-state index contributed by atoms with van der Waals surface area (Å²) < 4.78 is 13.2. The lowest BCUT2D eigenvalue weighted by Crippen LogP contribution is -2.00.